The fraction of sp³-hybridized carbons (Fsp3) is 0.204. The molecule has 0 radical (unpaired) electrons. The molecule has 6 aliphatic carbocycles. The number of carbonyl (C=O) groups is 1. The third-order valence-corrected chi connectivity index (χ3v) is 23.3. The van der Waals surface area contributed by atoms with E-state index in [4.69, 9.17) is 11.3 Å². The molecular weight excluding hydrogens is 1680 g/mol. The van der Waals surface area contributed by atoms with Gasteiger partial charge in [0.2, 0.25) is 0 Å². The van der Waals surface area contributed by atoms with Gasteiger partial charge in [-0.15, -0.1) is 19.0 Å². The van der Waals surface area contributed by atoms with Crippen LogP contribution in [0.1, 0.15) is 170 Å². The van der Waals surface area contributed by atoms with Crippen LogP contribution in [0.4, 0.5) is 0 Å². The normalized spacial score (nSPS) is 13.2. The molecule has 18 rings (SSSR count). The Morgan fingerprint density at radius 2 is 0.571 bits per heavy atom. The Kier molecular flexibility index (Phi) is 38.0. The van der Waals surface area contributed by atoms with Crippen molar-refractivity contribution in [2.75, 3.05) is 23.7 Å². The number of benzene rings is 12. The molecule has 6 nitrogen and oxygen atoms in total. The molecule has 12 aromatic carbocycles. The van der Waals surface area contributed by atoms with Gasteiger partial charge in [0.25, 0.3) is 0 Å². The summed E-state index contributed by atoms with van der Waals surface area (Å²) in [4.78, 5) is 15.1. The van der Waals surface area contributed by atoms with Gasteiger partial charge in [0.05, 0.1) is 0 Å². The summed E-state index contributed by atoms with van der Waals surface area (Å²) in [5.41, 5.74) is 49.8. The SMILES string of the molecule is BrCCC=C1c2ccccc2CCc2ccccc21.BrCCC=C1c2ccccc2CCc2ccccc21.C=CCC1(O)c2ccccc2CCc2ccccc21.C=C[CH2-].Cl.NCCC=C1c2ccccc2CCc2ccccc21.O=C1c2ccccc2CCc2ccccc21.[Br-].[Mg+2].[N-]=[N+]=NCCC=C1c2ccccc2CCc2ccccc21. The second kappa shape index (κ2) is 48.6. The van der Waals surface area contributed by atoms with E-state index in [0.717, 1.165) is 136 Å². The molecule has 0 aliphatic heterocycles. The second-order valence-electron chi connectivity index (χ2n) is 29.6. The van der Waals surface area contributed by atoms with E-state index in [9.17, 15) is 9.90 Å². The van der Waals surface area contributed by atoms with Gasteiger partial charge in [-0.25, -0.2) is 19.6 Å². The van der Waals surface area contributed by atoms with Crippen LogP contribution in [0, 0.1) is 6.92 Å². The van der Waals surface area contributed by atoms with Crippen molar-refractivity contribution >= 4 is 95.4 Å². The number of ketones is 1. The first-order chi connectivity index (χ1) is 57.1. The summed E-state index contributed by atoms with van der Waals surface area (Å²) in [6.45, 7) is 11.5. The summed E-state index contributed by atoms with van der Waals surface area (Å²) in [5, 5.41) is 16.9. The number of hydrogen-bond acceptors (Lipinski definition) is 4. The van der Waals surface area contributed by atoms with Crippen molar-refractivity contribution in [1.82, 2.24) is 0 Å². The first kappa shape index (κ1) is 93.2. The summed E-state index contributed by atoms with van der Waals surface area (Å²) in [6, 6.07) is 102. The molecule has 0 saturated carbocycles. The van der Waals surface area contributed by atoms with Crippen LogP contribution in [0.5, 0.6) is 0 Å². The number of rotatable bonds is 11. The Morgan fingerprint density at radius 3 is 0.807 bits per heavy atom. The average molecular weight is 1790 g/mol. The van der Waals surface area contributed by atoms with E-state index in [1.54, 1.807) is 6.08 Å². The topological polar surface area (TPSA) is 112 Å². The molecule has 0 atom stereocenters. The molecule has 11 heteroatoms. The zero-order valence-corrected chi connectivity index (χ0v) is 75.2. The Hall–Kier alpha value is -9.65. The van der Waals surface area contributed by atoms with Crippen molar-refractivity contribution in [3.8, 4) is 0 Å². The Labute approximate surface area is 756 Å². The molecular formula is C108H106Br3ClMgN4O2. The maximum Gasteiger partial charge on any atom is 2.00 e. The standard InChI is InChI=1S/2C18H17Br.C18H17N3.C18H19N.C18H18O.C15H12O.C3H5.BrH.ClH.Mg/c2*19-13-5-10-18-16-8-3-1-6-14(16)11-12-15-7-2-4-9-17(15)18;19-21-20-13-5-10-18-16-8-3-1-6-14(16)11-12-15-7-2-4-9-17(15)18;19-13-5-10-18-16-8-3-1-6-14(16)11-12-15-7-2-4-9-17(15)18;1-2-13-18(19)16-9-5-3-7-14(16)11-12-15-8-4-6-10-17(15)18;16-15-13-7-3-1-5-11(13)9-10-12-6-2-4-8-14(12)15;1-3-2;;;/h2*1-4,6-10H,5,11-13H2;1-4,6-10H,5,11-13H2;1-4,6-10H,5,11-13,19H2;2-10,19H,1,11-13H2;1-8H,9-10H2;3H,1-2H2;2*1H;/q;;;;;;-1;;;+2/p-1. The third-order valence-electron chi connectivity index (χ3n) is 22.4. The fourth-order valence-corrected chi connectivity index (χ4v) is 17.4. The Bertz CT molecular complexity index is 5000. The first-order valence-corrected chi connectivity index (χ1v) is 43.3. The van der Waals surface area contributed by atoms with Gasteiger partial charge < -0.3 is 27.8 Å². The van der Waals surface area contributed by atoms with Gasteiger partial charge in [0.1, 0.15) is 5.60 Å². The van der Waals surface area contributed by atoms with Gasteiger partial charge in [0.15, 0.2) is 5.78 Å². The van der Waals surface area contributed by atoms with Crippen molar-refractivity contribution in [1.29, 1.82) is 0 Å². The molecule has 0 aromatic heterocycles. The minimum Gasteiger partial charge on any atom is -1.00 e. The van der Waals surface area contributed by atoms with Crippen molar-refractivity contribution < 1.29 is 26.9 Å². The van der Waals surface area contributed by atoms with Crippen molar-refractivity contribution in [3.63, 3.8) is 0 Å². The monoisotopic (exact) mass is 1790 g/mol. The smallest absolute Gasteiger partial charge is 1.00 e. The molecule has 0 heterocycles. The van der Waals surface area contributed by atoms with Crippen LogP contribution >= 0.6 is 44.3 Å². The molecule has 0 fully saturated rings. The van der Waals surface area contributed by atoms with Crippen molar-refractivity contribution in [3.05, 3.63) is 492 Å². The number of aliphatic hydroxyl groups is 1. The van der Waals surface area contributed by atoms with E-state index < -0.39 is 5.60 Å². The minimum absolute atomic E-state index is 0. The number of aryl methyl sites for hydroxylation is 12. The Morgan fingerprint density at radius 1 is 0.370 bits per heavy atom. The number of alkyl halides is 2. The summed E-state index contributed by atoms with van der Waals surface area (Å²) in [5.74, 6) is 0.170. The first-order valence-electron chi connectivity index (χ1n) is 41.0. The molecule has 0 amide bonds. The van der Waals surface area contributed by atoms with Crippen LogP contribution in [0.25, 0.3) is 32.7 Å². The number of carbonyl (C=O) groups excluding carboxylic acids is 1. The fourth-order valence-electron chi connectivity index (χ4n) is 16.9. The zero-order valence-electron chi connectivity index (χ0n) is 68.2. The van der Waals surface area contributed by atoms with Crippen molar-refractivity contribution in [2.24, 2.45) is 10.8 Å². The molecule has 12 aromatic rings. The van der Waals surface area contributed by atoms with Crippen LogP contribution in [-0.2, 0) is 82.7 Å². The maximum atomic E-state index is 12.3. The minimum atomic E-state index is -0.939. The average Bonchev–Trinajstić information content (AvgIpc) is 1.69. The predicted octanol–water partition coefficient (Wildman–Crippen LogP) is 23.2. The zero-order chi connectivity index (χ0) is 80.7. The number of fused-ring (bicyclic) bond motifs is 12. The van der Waals surface area contributed by atoms with Gasteiger partial charge in [0, 0.05) is 39.7 Å². The van der Waals surface area contributed by atoms with E-state index in [-0.39, 0.29) is 58.2 Å². The summed E-state index contributed by atoms with van der Waals surface area (Å²) in [7, 11) is 0. The molecule has 119 heavy (non-hydrogen) atoms. The van der Waals surface area contributed by atoms with Gasteiger partial charge in [-0.1, -0.05) is 359 Å². The van der Waals surface area contributed by atoms with Gasteiger partial charge in [-0.3, -0.25) is 4.79 Å². The summed E-state index contributed by atoms with van der Waals surface area (Å²) in [6.07, 6.45) is 29.7. The number of nitrogens with zero attached hydrogens (tertiary/aromatic N) is 3. The third kappa shape index (κ3) is 23.9. The van der Waals surface area contributed by atoms with E-state index in [1.807, 2.05) is 72.8 Å². The summed E-state index contributed by atoms with van der Waals surface area (Å²) < 4.78 is 0. The van der Waals surface area contributed by atoms with Crippen LogP contribution in [0.15, 0.2) is 346 Å². The van der Waals surface area contributed by atoms with E-state index in [2.05, 4.69) is 305 Å². The number of halogens is 4. The number of azide groups is 1. The molecule has 6 aliphatic rings. The number of hydrogen-bond donors (Lipinski definition) is 2. The van der Waals surface area contributed by atoms with Crippen LogP contribution < -0.4 is 22.7 Å². The van der Waals surface area contributed by atoms with Crippen LogP contribution in [-0.4, -0.2) is 57.7 Å². The van der Waals surface area contributed by atoms with Crippen molar-refractivity contribution in [2.45, 2.75) is 115 Å². The van der Waals surface area contributed by atoms with Gasteiger partial charge in [-0.2, -0.15) is 0 Å². The largest absolute Gasteiger partial charge is 2.00 e. The molecule has 0 unspecified atom stereocenters. The quantitative estimate of drug-likeness (QED) is 0.0197. The number of nitrogens with two attached hydrogens (primary N) is 1. The van der Waals surface area contributed by atoms with E-state index in [1.165, 1.54) is 140 Å². The summed E-state index contributed by atoms with van der Waals surface area (Å²) >= 11 is 7.06. The van der Waals surface area contributed by atoms with Crippen LogP contribution in [0.2, 0.25) is 0 Å². The molecule has 3 N–H and O–H groups in total. The van der Waals surface area contributed by atoms with Crippen LogP contribution in [0.3, 0.4) is 0 Å². The van der Waals surface area contributed by atoms with E-state index >= 15 is 0 Å². The number of allylic oxidation sites excluding steroid dienone is 3. The maximum absolute atomic E-state index is 12.3. The molecule has 0 saturated heterocycles. The van der Waals surface area contributed by atoms with E-state index in [0.29, 0.717) is 19.5 Å². The van der Waals surface area contributed by atoms with Gasteiger partial charge in [-0.05, 0) is 259 Å². The molecule has 0 bridgehead atoms. The molecule has 600 valence electrons. The molecule has 0 spiro atoms. The Balaban J connectivity index is 0.000000161. The van der Waals surface area contributed by atoms with Gasteiger partial charge >= 0.3 is 23.1 Å². The predicted molar refractivity (Wildman–Crippen MR) is 509 cm³/mol. The second-order valence-corrected chi connectivity index (χ2v) is 31.2.